The second kappa shape index (κ2) is 7.38. The van der Waals surface area contributed by atoms with Gasteiger partial charge in [-0.2, -0.15) is 5.10 Å². The number of aromatic nitrogens is 5. The van der Waals surface area contributed by atoms with Crippen molar-refractivity contribution in [2.75, 3.05) is 6.54 Å². The van der Waals surface area contributed by atoms with E-state index in [1.807, 2.05) is 41.8 Å². The molecule has 1 amide bonds. The minimum Gasteiger partial charge on any atom is -0.471 e. The first-order chi connectivity index (χ1) is 13.5. The second-order valence-electron chi connectivity index (χ2n) is 6.90. The second-order valence-corrected chi connectivity index (χ2v) is 6.90. The highest BCUT2D eigenvalue weighted by Crippen LogP contribution is 2.24. The van der Waals surface area contributed by atoms with Gasteiger partial charge in [-0.3, -0.25) is 9.48 Å². The molecule has 0 spiro atoms. The predicted octanol–water partition coefficient (Wildman–Crippen LogP) is 2.00. The summed E-state index contributed by atoms with van der Waals surface area (Å²) in [7, 11) is 1.93. The molecule has 8 heteroatoms. The molecule has 4 rings (SSSR count). The van der Waals surface area contributed by atoms with Crippen molar-refractivity contribution in [3.63, 3.8) is 0 Å². The lowest BCUT2D eigenvalue weighted by molar-refractivity contribution is 0.0731. The van der Waals surface area contributed by atoms with E-state index in [0.29, 0.717) is 37.0 Å². The van der Waals surface area contributed by atoms with Crippen LogP contribution in [0.25, 0.3) is 0 Å². The number of aryl methyl sites for hydroxylation is 3. The standard InChI is InChI=1S/C20H22N6O2/c1-13-5-4-6-19(23-13)28-12-17-16-11-26(8-7-18(16)25(3)24-17)20(27)15-9-21-14(2)22-10-15/h4-6,9-10H,7-8,11-12H2,1-3H3. The van der Waals surface area contributed by atoms with Gasteiger partial charge in [0.25, 0.3) is 5.91 Å². The smallest absolute Gasteiger partial charge is 0.257 e. The van der Waals surface area contributed by atoms with Crippen LogP contribution in [0, 0.1) is 13.8 Å². The molecule has 4 heterocycles. The van der Waals surface area contributed by atoms with Gasteiger partial charge in [0, 0.05) is 62.0 Å². The quantitative estimate of drug-likeness (QED) is 0.690. The fourth-order valence-corrected chi connectivity index (χ4v) is 3.39. The predicted molar refractivity (Wildman–Crippen MR) is 102 cm³/mol. The van der Waals surface area contributed by atoms with Crippen LogP contribution < -0.4 is 4.74 Å². The SMILES string of the molecule is Cc1cccc(OCc2nn(C)c3c2CN(C(=O)c2cnc(C)nc2)CC3)n1. The molecule has 8 nitrogen and oxygen atoms in total. The van der Waals surface area contributed by atoms with Crippen molar-refractivity contribution in [2.45, 2.75) is 33.4 Å². The summed E-state index contributed by atoms with van der Waals surface area (Å²) in [6.45, 7) is 5.17. The third-order valence-corrected chi connectivity index (χ3v) is 4.86. The molecule has 0 saturated carbocycles. The Kier molecular flexibility index (Phi) is 4.77. The molecule has 0 aliphatic carbocycles. The summed E-state index contributed by atoms with van der Waals surface area (Å²) >= 11 is 0. The first-order valence-electron chi connectivity index (χ1n) is 9.19. The van der Waals surface area contributed by atoms with Gasteiger partial charge in [0.1, 0.15) is 18.1 Å². The fourth-order valence-electron chi connectivity index (χ4n) is 3.39. The summed E-state index contributed by atoms with van der Waals surface area (Å²) in [5.41, 5.74) is 4.42. The molecular formula is C20H22N6O2. The number of nitrogens with zero attached hydrogens (tertiary/aromatic N) is 6. The molecular weight excluding hydrogens is 356 g/mol. The lowest BCUT2D eigenvalue weighted by Gasteiger charge is -2.27. The molecule has 3 aromatic rings. The van der Waals surface area contributed by atoms with E-state index in [4.69, 9.17) is 4.74 Å². The molecule has 0 N–H and O–H groups in total. The number of hydrogen-bond donors (Lipinski definition) is 0. The Morgan fingerprint density at radius 2 is 2.00 bits per heavy atom. The maximum Gasteiger partial charge on any atom is 0.257 e. The van der Waals surface area contributed by atoms with Crippen molar-refractivity contribution in [1.29, 1.82) is 0 Å². The van der Waals surface area contributed by atoms with Crippen LogP contribution in [0.3, 0.4) is 0 Å². The van der Waals surface area contributed by atoms with Crippen LogP contribution in [0.4, 0.5) is 0 Å². The molecule has 0 radical (unpaired) electrons. The number of carbonyl (C=O) groups excluding carboxylic acids is 1. The molecule has 144 valence electrons. The van der Waals surface area contributed by atoms with Gasteiger partial charge in [-0.25, -0.2) is 15.0 Å². The number of hydrogen-bond acceptors (Lipinski definition) is 6. The monoisotopic (exact) mass is 378 g/mol. The number of pyridine rings is 1. The van der Waals surface area contributed by atoms with Crippen molar-refractivity contribution >= 4 is 5.91 Å². The summed E-state index contributed by atoms with van der Waals surface area (Å²) in [5, 5.41) is 4.61. The molecule has 0 fully saturated rings. The average molecular weight is 378 g/mol. The first kappa shape index (κ1) is 18.1. The fraction of sp³-hybridized carbons (Fsp3) is 0.350. The van der Waals surface area contributed by atoms with E-state index in [1.165, 1.54) is 0 Å². The van der Waals surface area contributed by atoms with Crippen LogP contribution in [0.1, 0.15) is 38.8 Å². The van der Waals surface area contributed by atoms with Gasteiger partial charge >= 0.3 is 0 Å². The highest BCUT2D eigenvalue weighted by molar-refractivity contribution is 5.93. The Hall–Kier alpha value is -3.29. The topological polar surface area (TPSA) is 86.0 Å². The zero-order valence-electron chi connectivity index (χ0n) is 16.2. The van der Waals surface area contributed by atoms with Crippen molar-refractivity contribution in [1.82, 2.24) is 29.6 Å². The van der Waals surface area contributed by atoms with Gasteiger partial charge in [0.2, 0.25) is 5.88 Å². The largest absolute Gasteiger partial charge is 0.471 e. The summed E-state index contributed by atoms with van der Waals surface area (Å²) in [6.07, 6.45) is 3.91. The highest BCUT2D eigenvalue weighted by Gasteiger charge is 2.27. The summed E-state index contributed by atoms with van der Waals surface area (Å²) in [6, 6.07) is 5.67. The Bertz CT molecular complexity index is 1010. The van der Waals surface area contributed by atoms with E-state index < -0.39 is 0 Å². The number of amides is 1. The van der Waals surface area contributed by atoms with Gasteiger partial charge in [-0.15, -0.1) is 0 Å². The maximum absolute atomic E-state index is 12.8. The Balaban J connectivity index is 1.52. The van der Waals surface area contributed by atoms with E-state index in [2.05, 4.69) is 20.1 Å². The van der Waals surface area contributed by atoms with Gasteiger partial charge in [-0.1, -0.05) is 6.07 Å². The molecule has 1 aliphatic rings. The van der Waals surface area contributed by atoms with Gasteiger partial charge in [0.15, 0.2) is 0 Å². The van der Waals surface area contributed by atoms with Crippen molar-refractivity contribution in [2.24, 2.45) is 7.05 Å². The first-order valence-corrected chi connectivity index (χ1v) is 9.19. The molecule has 3 aromatic heterocycles. The van der Waals surface area contributed by atoms with Gasteiger partial charge < -0.3 is 9.64 Å². The lowest BCUT2D eigenvalue weighted by Crippen LogP contribution is -2.36. The van der Waals surface area contributed by atoms with Crippen molar-refractivity contribution < 1.29 is 9.53 Å². The maximum atomic E-state index is 12.8. The molecule has 0 unspecified atom stereocenters. The third-order valence-electron chi connectivity index (χ3n) is 4.86. The zero-order chi connectivity index (χ0) is 19.7. The highest BCUT2D eigenvalue weighted by atomic mass is 16.5. The average Bonchev–Trinajstić information content (AvgIpc) is 3.02. The Morgan fingerprint density at radius 3 is 2.75 bits per heavy atom. The molecule has 0 bridgehead atoms. The summed E-state index contributed by atoms with van der Waals surface area (Å²) < 4.78 is 7.72. The van der Waals surface area contributed by atoms with Crippen LogP contribution in [0.15, 0.2) is 30.6 Å². The Labute approximate surface area is 163 Å². The number of rotatable bonds is 4. The summed E-state index contributed by atoms with van der Waals surface area (Å²) in [4.78, 5) is 27.3. The van der Waals surface area contributed by atoms with Gasteiger partial charge in [0.05, 0.1) is 5.56 Å². The number of carbonyl (C=O) groups is 1. The van der Waals surface area contributed by atoms with E-state index in [-0.39, 0.29) is 5.91 Å². The molecule has 28 heavy (non-hydrogen) atoms. The van der Waals surface area contributed by atoms with Crippen molar-refractivity contribution in [3.05, 3.63) is 64.6 Å². The third kappa shape index (κ3) is 3.58. The van der Waals surface area contributed by atoms with Crippen LogP contribution in [-0.4, -0.2) is 42.1 Å². The van der Waals surface area contributed by atoms with E-state index in [9.17, 15) is 4.79 Å². The van der Waals surface area contributed by atoms with E-state index >= 15 is 0 Å². The van der Waals surface area contributed by atoms with Crippen LogP contribution in [-0.2, 0) is 26.6 Å². The van der Waals surface area contributed by atoms with E-state index in [1.54, 1.807) is 19.3 Å². The minimum absolute atomic E-state index is 0.0678. The lowest BCUT2D eigenvalue weighted by atomic mass is 10.0. The zero-order valence-corrected chi connectivity index (χ0v) is 16.2. The minimum atomic E-state index is -0.0678. The summed E-state index contributed by atoms with van der Waals surface area (Å²) in [5.74, 6) is 1.15. The van der Waals surface area contributed by atoms with Crippen molar-refractivity contribution in [3.8, 4) is 5.88 Å². The molecule has 0 aromatic carbocycles. The van der Waals surface area contributed by atoms with E-state index in [0.717, 1.165) is 29.1 Å². The number of fused-ring (bicyclic) bond motifs is 1. The van der Waals surface area contributed by atoms with Crippen LogP contribution >= 0.6 is 0 Å². The normalized spacial score (nSPS) is 13.3. The number of ether oxygens (including phenoxy) is 1. The molecule has 1 aliphatic heterocycles. The molecule has 0 atom stereocenters. The van der Waals surface area contributed by atoms with Crippen LogP contribution in [0.2, 0.25) is 0 Å². The molecule has 0 saturated heterocycles. The van der Waals surface area contributed by atoms with Crippen LogP contribution in [0.5, 0.6) is 5.88 Å². The van der Waals surface area contributed by atoms with Gasteiger partial charge in [-0.05, 0) is 19.9 Å². The Morgan fingerprint density at radius 1 is 1.21 bits per heavy atom.